The highest BCUT2D eigenvalue weighted by Gasteiger charge is 2.10. The number of nitrogens with two attached hydrogens (primary N) is 1. The largest absolute Gasteiger partial charge is 0.489 e. The minimum absolute atomic E-state index is 0.210. The molecule has 0 aliphatic carbocycles. The van der Waals surface area contributed by atoms with Crippen molar-refractivity contribution in [3.05, 3.63) is 82.3 Å². The molecule has 4 nitrogen and oxygen atoms in total. The number of nitrogen functional groups attached to an aromatic ring is 1. The Bertz CT molecular complexity index is 1130. The summed E-state index contributed by atoms with van der Waals surface area (Å²) in [5.74, 6) is 0.919. The van der Waals surface area contributed by atoms with Crippen molar-refractivity contribution in [1.82, 2.24) is 9.97 Å². The quantitative estimate of drug-likeness (QED) is 0.476. The number of hydrogen-bond donors (Lipinski definition) is 1. The summed E-state index contributed by atoms with van der Waals surface area (Å²) in [5.41, 5.74) is 9.13. The molecule has 0 saturated carbocycles. The Hall–Kier alpha value is -2.82. The van der Waals surface area contributed by atoms with Gasteiger partial charge in [-0.15, -0.1) is 0 Å². The third-order valence-corrected chi connectivity index (χ3v) is 4.74. The average molecular weight is 396 g/mol. The van der Waals surface area contributed by atoms with Crippen LogP contribution in [0.5, 0.6) is 5.75 Å². The molecule has 4 rings (SSSR count). The lowest BCUT2D eigenvalue weighted by Crippen LogP contribution is -1.99. The molecule has 3 aromatic carbocycles. The van der Waals surface area contributed by atoms with E-state index < -0.39 is 0 Å². The number of halogens is 2. The van der Waals surface area contributed by atoms with E-state index in [1.807, 2.05) is 60.7 Å². The Balaban J connectivity index is 1.70. The molecule has 0 aliphatic heterocycles. The number of fused-ring (bicyclic) bond motifs is 1. The maximum Gasteiger partial charge on any atom is 0.221 e. The van der Waals surface area contributed by atoms with E-state index in [4.69, 9.17) is 33.7 Å². The van der Waals surface area contributed by atoms with Crippen molar-refractivity contribution >= 4 is 40.1 Å². The topological polar surface area (TPSA) is 61.0 Å². The van der Waals surface area contributed by atoms with Gasteiger partial charge in [-0.1, -0.05) is 53.5 Å². The monoisotopic (exact) mass is 395 g/mol. The molecule has 1 aromatic heterocycles. The minimum Gasteiger partial charge on any atom is -0.489 e. The van der Waals surface area contributed by atoms with Crippen molar-refractivity contribution in [1.29, 1.82) is 0 Å². The summed E-state index contributed by atoms with van der Waals surface area (Å²) in [7, 11) is 0. The van der Waals surface area contributed by atoms with Gasteiger partial charge in [-0.2, -0.15) is 0 Å². The molecule has 0 radical (unpaired) electrons. The van der Waals surface area contributed by atoms with Crippen molar-refractivity contribution in [2.75, 3.05) is 5.73 Å². The van der Waals surface area contributed by atoms with Gasteiger partial charge >= 0.3 is 0 Å². The zero-order chi connectivity index (χ0) is 18.8. The van der Waals surface area contributed by atoms with Crippen LogP contribution in [0.1, 0.15) is 5.56 Å². The van der Waals surface area contributed by atoms with Crippen molar-refractivity contribution in [2.24, 2.45) is 0 Å². The van der Waals surface area contributed by atoms with E-state index in [2.05, 4.69) is 9.97 Å². The second kappa shape index (κ2) is 7.43. The summed E-state index contributed by atoms with van der Waals surface area (Å²) in [5, 5.41) is 2.13. The first-order valence-corrected chi connectivity index (χ1v) is 9.05. The molecule has 4 aromatic rings. The van der Waals surface area contributed by atoms with E-state index in [0.717, 1.165) is 22.0 Å². The first kappa shape index (κ1) is 17.6. The van der Waals surface area contributed by atoms with Gasteiger partial charge in [0.25, 0.3) is 0 Å². The summed E-state index contributed by atoms with van der Waals surface area (Å²) in [4.78, 5) is 8.69. The first-order valence-electron chi connectivity index (χ1n) is 8.29. The third-order valence-electron chi connectivity index (χ3n) is 4.13. The molecule has 0 amide bonds. The Morgan fingerprint density at radius 1 is 0.889 bits per heavy atom. The fourth-order valence-electron chi connectivity index (χ4n) is 2.85. The molecule has 0 aliphatic rings. The zero-order valence-electron chi connectivity index (χ0n) is 14.2. The van der Waals surface area contributed by atoms with E-state index >= 15 is 0 Å². The molecule has 1 heterocycles. The lowest BCUT2D eigenvalue weighted by Gasteiger charge is -2.11. The van der Waals surface area contributed by atoms with Crippen LogP contribution in [0.4, 0.5) is 5.95 Å². The Morgan fingerprint density at radius 3 is 2.59 bits per heavy atom. The van der Waals surface area contributed by atoms with Gasteiger partial charge in [-0.05, 0) is 36.4 Å². The molecule has 134 valence electrons. The van der Waals surface area contributed by atoms with Crippen molar-refractivity contribution in [2.45, 2.75) is 6.61 Å². The van der Waals surface area contributed by atoms with Gasteiger partial charge in [0.15, 0.2) is 0 Å². The van der Waals surface area contributed by atoms with Crippen LogP contribution in [0.25, 0.3) is 22.2 Å². The molecule has 0 fully saturated rings. The third kappa shape index (κ3) is 3.82. The number of rotatable bonds is 4. The fourth-order valence-corrected chi connectivity index (χ4v) is 3.21. The van der Waals surface area contributed by atoms with Crippen LogP contribution in [-0.2, 0) is 6.61 Å². The van der Waals surface area contributed by atoms with Crippen LogP contribution in [0.2, 0.25) is 10.0 Å². The van der Waals surface area contributed by atoms with Gasteiger partial charge in [0.05, 0.1) is 11.2 Å². The molecule has 0 unspecified atom stereocenters. The summed E-state index contributed by atoms with van der Waals surface area (Å²) >= 11 is 12.3. The van der Waals surface area contributed by atoms with E-state index in [9.17, 15) is 0 Å². The fraction of sp³-hybridized carbons (Fsp3) is 0.0476. The van der Waals surface area contributed by atoms with Gasteiger partial charge in [0.1, 0.15) is 12.4 Å². The molecule has 6 heteroatoms. The summed E-state index contributed by atoms with van der Waals surface area (Å²) in [6.07, 6.45) is 0. The van der Waals surface area contributed by atoms with Crippen molar-refractivity contribution < 1.29 is 4.74 Å². The zero-order valence-corrected chi connectivity index (χ0v) is 15.7. The Morgan fingerprint density at radius 2 is 1.74 bits per heavy atom. The smallest absolute Gasteiger partial charge is 0.221 e. The second-order valence-corrected chi connectivity index (χ2v) is 6.84. The molecular weight excluding hydrogens is 381 g/mol. The normalized spacial score (nSPS) is 10.9. The van der Waals surface area contributed by atoms with Crippen LogP contribution in [0, 0.1) is 0 Å². The lowest BCUT2D eigenvalue weighted by atomic mass is 10.1. The van der Waals surface area contributed by atoms with E-state index in [1.54, 1.807) is 6.07 Å². The number of ether oxygens (including phenoxy) is 1. The highest BCUT2D eigenvalue weighted by Crippen LogP contribution is 2.31. The molecular formula is C21H15Cl2N3O. The summed E-state index contributed by atoms with van der Waals surface area (Å²) in [6.45, 7) is 0.377. The van der Waals surface area contributed by atoms with Crippen LogP contribution in [0.15, 0.2) is 66.7 Å². The van der Waals surface area contributed by atoms with Crippen molar-refractivity contribution in [3.8, 4) is 17.0 Å². The van der Waals surface area contributed by atoms with Crippen LogP contribution < -0.4 is 10.5 Å². The van der Waals surface area contributed by atoms with Crippen LogP contribution in [-0.4, -0.2) is 9.97 Å². The van der Waals surface area contributed by atoms with E-state index in [1.165, 1.54) is 0 Å². The van der Waals surface area contributed by atoms with Gasteiger partial charge in [0.2, 0.25) is 5.95 Å². The number of hydrogen-bond acceptors (Lipinski definition) is 4. The molecule has 27 heavy (non-hydrogen) atoms. The number of anilines is 1. The minimum atomic E-state index is 0.210. The highest BCUT2D eigenvalue weighted by molar-refractivity contribution is 6.31. The summed E-state index contributed by atoms with van der Waals surface area (Å²) < 4.78 is 5.92. The molecule has 0 spiro atoms. The maximum absolute atomic E-state index is 6.19. The second-order valence-electron chi connectivity index (χ2n) is 6.00. The predicted octanol–water partition coefficient (Wildman–Crippen LogP) is 5.76. The van der Waals surface area contributed by atoms with Gasteiger partial charge in [0, 0.05) is 26.6 Å². The highest BCUT2D eigenvalue weighted by atomic mass is 35.5. The maximum atomic E-state index is 6.19. The van der Waals surface area contributed by atoms with E-state index in [0.29, 0.717) is 28.1 Å². The number of benzene rings is 3. The number of aromatic nitrogens is 2. The predicted molar refractivity (Wildman–Crippen MR) is 110 cm³/mol. The Kier molecular flexibility index (Phi) is 4.84. The molecule has 0 atom stereocenters. The van der Waals surface area contributed by atoms with Crippen LogP contribution >= 0.6 is 23.2 Å². The average Bonchev–Trinajstić information content (AvgIpc) is 2.67. The van der Waals surface area contributed by atoms with E-state index in [-0.39, 0.29) is 5.95 Å². The molecule has 0 saturated heterocycles. The lowest BCUT2D eigenvalue weighted by molar-refractivity contribution is 0.306. The van der Waals surface area contributed by atoms with Crippen LogP contribution in [0.3, 0.4) is 0 Å². The van der Waals surface area contributed by atoms with Gasteiger partial charge in [-0.3, -0.25) is 0 Å². The first-order chi connectivity index (χ1) is 13.1. The number of nitrogens with zero attached hydrogens (tertiary/aromatic N) is 2. The standard InChI is InChI=1S/C21H15Cl2N3O/c22-15-8-9-19-17(11-15)20(26-21(24)25-19)13-5-3-6-16(10-13)27-12-14-4-1-2-7-18(14)23/h1-11H,12H2,(H2,24,25,26). The van der Waals surface area contributed by atoms with Gasteiger partial charge in [-0.25, -0.2) is 9.97 Å². The van der Waals surface area contributed by atoms with Gasteiger partial charge < -0.3 is 10.5 Å². The summed E-state index contributed by atoms with van der Waals surface area (Å²) in [6, 6.07) is 20.7. The Labute approximate surface area is 166 Å². The van der Waals surface area contributed by atoms with Crippen molar-refractivity contribution in [3.63, 3.8) is 0 Å². The molecule has 0 bridgehead atoms. The molecule has 2 N–H and O–H groups in total. The SMILES string of the molecule is Nc1nc(-c2cccc(OCc3ccccc3Cl)c2)c2cc(Cl)ccc2n1.